The van der Waals surface area contributed by atoms with Gasteiger partial charge in [-0.15, -0.1) is 10.2 Å². The van der Waals surface area contributed by atoms with Gasteiger partial charge in [0, 0.05) is 5.56 Å². The minimum absolute atomic E-state index is 0.388. The number of benzene rings is 1. The van der Waals surface area contributed by atoms with Crippen LogP contribution in [-0.2, 0) is 6.42 Å². The lowest BCUT2D eigenvalue weighted by Gasteiger charge is -2.17. The van der Waals surface area contributed by atoms with Gasteiger partial charge in [0.1, 0.15) is 17.3 Å². The van der Waals surface area contributed by atoms with Crippen molar-refractivity contribution in [1.82, 2.24) is 15.2 Å². The molecule has 0 unspecified atom stereocenters. The van der Waals surface area contributed by atoms with Gasteiger partial charge in [-0.25, -0.2) is 4.98 Å². The van der Waals surface area contributed by atoms with Gasteiger partial charge in [0.05, 0.1) is 6.61 Å². The number of aromatic nitrogens is 3. The lowest BCUT2D eigenvalue weighted by molar-refractivity contribution is 0.288. The number of fused-ring (bicyclic) bond motifs is 1. The Morgan fingerprint density at radius 3 is 3.00 bits per heavy atom. The van der Waals surface area contributed by atoms with Crippen molar-refractivity contribution in [2.45, 2.75) is 19.8 Å². The van der Waals surface area contributed by atoms with Gasteiger partial charge in [0.25, 0.3) is 0 Å². The molecule has 0 fully saturated rings. The maximum Gasteiger partial charge on any atom is 0.159 e. The summed E-state index contributed by atoms with van der Waals surface area (Å²) in [7, 11) is 0. The first-order valence-corrected chi connectivity index (χ1v) is 6.25. The molecule has 3 rings (SSSR count). The fourth-order valence-corrected chi connectivity index (χ4v) is 2.33. The Hall–Kier alpha value is -1.68. The first-order valence-electron chi connectivity index (χ1n) is 5.87. The van der Waals surface area contributed by atoms with Gasteiger partial charge in [-0.2, -0.15) is 0 Å². The average molecular weight is 262 g/mol. The third kappa shape index (κ3) is 2.04. The second kappa shape index (κ2) is 4.53. The molecule has 0 N–H and O–H groups in total. The topological polar surface area (TPSA) is 47.9 Å². The fraction of sp³-hybridized carbons (Fsp3) is 0.308. The smallest absolute Gasteiger partial charge is 0.159 e. The summed E-state index contributed by atoms with van der Waals surface area (Å²) in [4.78, 5) is 4.12. The SMILES string of the molecule is Cc1nnc(-c2ccc3c(c2)CCCO3)c(Cl)n1. The minimum Gasteiger partial charge on any atom is -0.493 e. The molecule has 92 valence electrons. The van der Waals surface area contributed by atoms with Crippen molar-refractivity contribution >= 4 is 11.6 Å². The van der Waals surface area contributed by atoms with Gasteiger partial charge >= 0.3 is 0 Å². The van der Waals surface area contributed by atoms with Crippen LogP contribution in [0.25, 0.3) is 11.3 Å². The molecule has 2 heterocycles. The molecule has 5 heteroatoms. The molecular weight excluding hydrogens is 250 g/mol. The molecule has 1 aromatic carbocycles. The van der Waals surface area contributed by atoms with Gasteiger partial charge in [0.15, 0.2) is 5.15 Å². The molecule has 0 saturated heterocycles. The van der Waals surface area contributed by atoms with E-state index in [-0.39, 0.29) is 0 Å². The van der Waals surface area contributed by atoms with Crippen molar-refractivity contribution < 1.29 is 4.74 Å². The molecule has 0 bridgehead atoms. The summed E-state index contributed by atoms with van der Waals surface area (Å²) in [6.45, 7) is 2.56. The molecule has 1 aliphatic heterocycles. The summed E-state index contributed by atoms with van der Waals surface area (Å²) >= 11 is 6.10. The molecule has 4 nitrogen and oxygen atoms in total. The molecule has 2 aromatic rings. The van der Waals surface area contributed by atoms with Crippen molar-refractivity contribution in [3.8, 4) is 17.0 Å². The number of hydrogen-bond acceptors (Lipinski definition) is 4. The Balaban J connectivity index is 2.06. The Morgan fingerprint density at radius 1 is 1.28 bits per heavy atom. The van der Waals surface area contributed by atoms with Crippen LogP contribution in [0.4, 0.5) is 0 Å². The second-order valence-electron chi connectivity index (χ2n) is 4.27. The van der Waals surface area contributed by atoms with E-state index < -0.39 is 0 Å². The molecular formula is C13H12ClN3O. The lowest BCUT2D eigenvalue weighted by atomic mass is 10.0. The number of nitrogens with zero attached hydrogens (tertiary/aromatic N) is 3. The average Bonchev–Trinajstić information content (AvgIpc) is 2.38. The number of ether oxygens (including phenoxy) is 1. The van der Waals surface area contributed by atoms with E-state index in [0.29, 0.717) is 16.7 Å². The predicted octanol–water partition coefficient (Wildman–Crippen LogP) is 2.83. The van der Waals surface area contributed by atoms with Crippen LogP contribution in [0.5, 0.6) is 5.75 Å². The van der Waals surface area contributed by atoms with E-state index in [2.05, 4.69) is 21.2 Å². The van der Waals surface area contributed by atoms with Crippen LogP contribution in [-0.4, -0.2) is 21.8 Å². The largest absolute Gasteiger partial charge is 0.493 e. The lowest BCUT2D eigenvalue weighted by Crippen LogP contribution is -2.08. The van der Waals surface area contributed by atoms with Gasteiger partial charge in [-0.3, -0.25) is 0 Å². The maximum absolute atomic E-state index is 6.10. The first-order chi connectivity index (χ1) is 8.74. The number of aryl methyl sites for hydroxylation is 2. The van der Waals surface area contributed by atoms with E-state index in [0.717, 1.165) is 30.8 Å². The fourth-order valence-electron chi connectivity index (χ4n) is 2.07. The number of hydrogen-bond donors (Lipinski definition) is 0. The van der Waals surface area contributed by atoms with Crippen molar-refractivity contribution in [3.05, 3.63) is 34.7 Å². The third-order valence-corrected chi connectivity index (χ3v) is 3.20. The normalized spacial score (nSPS) is 13.9. The third-order valence-electron chi connectivity index (χ3n) is 2.93. The summed E-state index contributed by atoms with van der Waals surface area (Å²) in [5.74, 6) is 1.53. The number of rotatable bonds is 1. The molecule has 0 amide bonds. The minimum atomic E-state index is 0.388. The van der Waals surface area contributed by atoms with Crippen LogP contribution in [0.1, 0.15) is 17.8 Å². The van der Waals surface area contributed by atoms with Gasteiger partial charge in [-0.05, 0) is 43.5 Å². The van der Waals surface area contributed by atoms with Gasteiger partial charge < -0.3 is 4.74 Å². The van der Waals surface area contributed by atoms with Crippen molar-refractivity contribution in [1.29, 1.82) is 0 Å². The monoisotopic (exact) mass is 261 g/mol. The first kappa shape index (κ1) is 11.4. The molecule has 18 heavy (non-hydrogen) atoms. The van der Waals surface area contributed by atoms with Crippen LogP contribution in [0, 0.1) is 6.92 Å². The van der Waals surface area contributed by atoms with Crippen molar-refractivity contribution in [2.24, 2.45) is 0 Å². The zero-order valence-corrected chi connectivity index (χ0v) is 10.7. The predicted molar refractivity (Wildman–Crippen MR) is 68.8 cm³/mol. The molecule has 1 aliphatic rings. The Kier molecular flexibility index (Phi) is 2.88. The highest BCUT2D eigenvalue weighted by Crippen LogP contribution is 2.31. The van der Waals surface area contributed by atoms with Gasteiger partial charge in [0.2, 0.25) is 0 Å². The van der Waals surface area contributed by atoms with Crippen LogP contribution in [0.3, 0.4) is 0 Å². The highest BCUT2D eigenvalue weighted by atomic mass is 35.5. The molecule has 1 aromatic heterocycles. The van der Waals surface area contributed by atoms with E-state index in [9.17, 15) is 0 Å². The quantitative estimate of drug-likeness (QED) is 0.792. The Morgan fingerprint density at radius 2 is 2.17 bits per heavy atom. The molecule has 0 atom stereocenters. The molecule has 0 saturated carbocycles. The van der Waals surface area contributed by atoms with E-state index in [1.807, 2.05) is 12.1 Å². The summed E-state index contributed by atoms with van der Waals surface area (Å²) in [5, 5.41) is 8.45. The number of halogens is 1. The van der Waals surface area contributed by atoms with E-state index in [1.54, 1.807) is 6.92 Å². The van der Waals surface area contributed by atoms with Crippen molar-refractivity contribution in [2.75, 3.05) is 6.61 Å². The standard InChI is InChI=1S/C13H12ClN3O/c1-8-15-13(14)12(17-16-8)10-4-5-11-9(7-10)3-2-6-18-11/h4-5,7H,2-3,6H2,1H3. The highest BCUT2D eigenvalue weighted by Gasteiger charge is 2.14. The van der Waals surface area contributed by atoms with E-state index in [4.69, 9.17) is 16.3 Å². The maximum atomic E-state index is 6.10. The molecule has 0 radical (unpaired) electrons. The summed E-state index contributed by atoms with van der Waals surface area (Å²) in [6, 6.07) is 5.96. The highest BCUT2D eigenvalue weighted by molar-refractivity contribution is 6.31. The van der Waals surface area contributed by atoms with Gasteiger partial charge in [-0.1, -0.05) is 11.6 Å². The van der Waals surface area contributed by atoms with E-state index in [1.165, 1.54) is 5.56 Å². The van der Waals surface area contributed by atoms with Crippen LogP contribution in [0.2, 0.25) is 5.15 Å². The summed E-state index contributed by atoms with van der Waals surface area (Å²) < 4.78 is 5.58. The Labute approximate surface area is 110 Å². The second-order valence-corrected chi connectivity index (χ2v) is 4.63. The zero-order chi connectivity index (χ0) is 12.5. The zero-order valence-electron chi connectivity index (χ0n) is 9.98. The summed E-state index contributed by atoms with van der Waals surface area (Å²) in [6.07, 6.45) is 2.07. The van der Waals surface area contributed by atoms with Crippen LogP contribution >= 0.6 is 11.6 Å². The Bertz CT molecular complexity index is 601. The molecule has 0 spiro atoms. The van der Waals surface area contributed by atoms with Crippen molar-refractivity contribution in [3.63, 3.8) is 0 Å². The van der Waals surface area contributed by atoms with E-state index >= 15 is 0 Å². The van der Waals surface area contributed by atoms with Crippen LogP contribution in [0.15, 0.2) is 18.2 Å². The molecule has 0 aliphatic carbocycles. The van der Waals surface area contributed by atoms with Crippen LogP contribution < -0.4 is 4.74 Å². The summed E-state index contributed by atoms with van der Waals surface area (Å²) in [5.41, 5.74) is 2.75.